The monoisotopic (exact) mass is 375 g/mol. The quantitative estimate of drug-likeness (QED) is 0.851. The molecule has 0 spiro atoms. The Balaban J connectivity index is 1.90. The standard InChI is InChI=1S/C15H19BrClNO3/c1-10(13-3-2-11(16)8-14(13)17)18-6-4-12(5-7-18)21-9-15(19)20/h2-3,8,10,12H,4-7,9H2,1H3,(H,19,20). The number of piperidine rings is 1. The molecule has 1 unspecified atom stereocenters. The molecule has 1 atom stereocenters. The van der Waals surface area contributed by atoms with Gasteiger partial charge in [0.15, 0.2) is 0 Å². The summed E-state index contributed by atoms with van der Waals surface area (Å²) in [6.45, 7) is 3.71. The Morgan fingerprint density at radius 3 is 2.76 bits per heavy atom. The molecule has 1 aromatic rings. The van der Waals surface area contributed by atoms with E-state index >= 15 is 0 Å². The van der Waals surface area contributed by atoms with E-state index < -0.39 is 5.97 Å². The number of nitrogens with zero attached hydrogens (tertiary/aromatic N) is 1. The van der Waals surface area contributed by atoms with Gasteiger partial charge in [-0.3, -0.25) is 4.90 Å². The summed E-state index contributed by atoms with van der Waals surface area (Å²) in [6, 6.07) is 6.20. The van der Waals surface area contributed by atoms with Gasteiger partial charge in [0.2, 0.25) is 0 Å². The Morgan fingerprint density at radius 1 is 1.52 bits per heavy atom. The summed E-state index contributed by atoms with van der Waals surface area (Å²) >= 11 is 9.73. The average Bonchev–Trinajstić information content (AvgIpc) is 2.45. The van der Waals surface area contributed by atoms with Crippen molar-refractivity contribution in [2.45, 2.75) is 31.9 Å². The first kappa shape index (κ1) is 16.7. The number of carboxylic acid groups (broad SMARTS) is 1. The van der Waals surface area contributed by atoms with E-state index in [0.29, 0.717) is 0 Å². The number of likely N-dealkylation sites (tertiary alicyclic amines) is 1. The summed E-state index contributed by atoms with van der Waals surface area (Å²) in [6.07, 6.45) is 1.75. The van der Waals surface area contributed by atoms with E-state index in [4.69, 9.17) is 21.4 Å². The van der Waals surface area contributed by atoms with Gasteiger partial charge in [-0.05, 0) is 37.5 Å². The van der Waals surface area contributed by atoms with Gasteiger partial charge in [-0.1, -0.05) is 33.6 Å². The van der Waals surface area contributed by atoms with Crippen LogP contribution in [-0.2, 0) is 9.53 Å². The van der Waals surface area contributed by atoms with E-state index in [1.165, 1.54) is 0 Å². The van der Waals surface area contributed by atoms with E-state index in [0.717, 1.165) is 41.0 Å². The maximum Gasteiger partial charge on any atom is 0.329 e. The summed E-state index contributed by atoms with van der Waals surface area (Å²) in [4.78, 5) is 12.9. The Kier molecular flexibility index (Phi) is 6.05. The van der Waals surface area contributed by atoms with Gasteiger partial charge in [0.25, 0.3) is 0 Å². The fourth-order valence-corrected chi connectivity index (χ4v) is 3.49. The van der Waals surface area contributed by atoms with Gasteiger partial charge in [-0.15, -0.1) is 0 Å². The molecular weight excluding hydrogens is 358 g/mol. The summed E-state index contributed by atoms with van der Waals surface area (Å²) in [7, 11) is 0. The normalized spacial score (nSPS) is 18.6. The zero-order chi connectivity index (χ0) is 15.4. The smallest absolute Gasteiger partial charge is 0.329 e. The first-order chi connectivity index (χ1) is 9.97. The molecule has 0 bridgehead atoms. The van der Waals surface area contributed by atoms with Gasteiger partial charge in [0.05, 0.1) is 6.10 Å². The molecule has 0 amide bonds. The number of rotatable bonds is 5. The Labute approximate surface area is 138 Å². The predicted octanol–water partition coefficient (Wildman–Crippen LogP) is 3.73. The van der Waals surface area contributed by atoms with E-state index in [9.17, 15) is 4.79 Å². The number of hydrogen-bond donors (Lipinski definition) is 1. The van der Waals surface area contributed by atoms with Gasteiger partial charge in [0.1, 0.15) is 6.61 Å². The molecule has 1 heterocycles. The predicted molar refractivity (Wildman–Crippen MR) is 85.7 cm³/mol. The molecule has 1 aliphatic heterocycles. The molecule has 1 fully saturated rings. The topological polar surface area (TPSA) is 49.8 Å². The van der Waals surface area contributed by atoms with Crippen molar-refractivity contribution >= 4 is 33.5 Å². The Hall–Kier alpha value is -0.620. The number of ether oxygens (including phenoxy) is 1. The van der Waals surface area contributed by atoms with Crippen LogP contribution in [0.3, 0.4) is 0 Å². The van der Waals surface area contributed by atoms with E-state index in [1.54, 1.807) is 0 Å². The lowest BCUT2D eigenvalue weighted by atomic mass is 10.0. The van der Waals surface area contributed by atoms with Crippen molar-refractivity contribution in [1.82, 2.24) is 4.90 Å². The number of halogens is 2. The van der Waals surface area contributed by atoms with Crippen molar-refractivity contribution in [2.24, 2.45) is 0 Å². The van der Waals surface area contributed by atoms with Gasteiger partial charge >= 0.3 is 5.97 Å². The zero-order valence-electron chi connectivity index (χ0n) is 11.9. The lowest BCUT2D eigenvalue weighted by molar-refractivity contribution is -0.145. The minimum absolute atomic E-state index is 0.0462. The van der Waals surface area contributed by atoms with Crippen molar-refractivity contribution in [2.75, 3.05) is 19.7 Å². The first-order valence-electron chi connectivity index (χ1n) is 6.99. The number of benzene rings is 1. The van der Waals surface area contributed by atoms with Gasteiger partial charge in [-0.25, -0.2) is 4.79 Å². The van der Waals surface area contributed by atoms with Crippen molar-refractivity contribution in [3.8, 4) is 0 Å². The molecule has 2 rings (SSSR count). The summed E-state index contributed by atoms with van der Waals surface area (Å²) in [5.41, 5.74) is 1.12. The lowest BCUT2D eigenvalue weighted by Crippen LogP contribution is -2.39. The van der Waals surface area contributed by atoms with Crippen LogP contribution in [0.25, 0.3) is 0 Å². The Morgan fingerprint density at radius 2 is 2.19 bits per heavy atom. The molecule has 0 aliphatic carbocycles. The highest BCUT2D eigenvalue weighted by molar-refractivity contribution is 9.10. The minimum Gasteiger partial charge on any atom is -0.480 e. The molecule has 116 valence electrons. The van der Waals surface area contributed by atoms with Gasteiger partial charge < -0.3 is 9.84 Å². The Bertz CT molecular complexity index is 504. The lowest BCUT2D eigenvalue weighted by Gasteiger charge is -2.36. The molecule has 1 aromatic carbocycles. The molecular formula is C15H19BrClNO3. The maximum atomic E-state index is 10.5. The van der Waals surface area contributed by atoms with Crippen LogP contribution in [0.5, 0.6) is 0 Å². The molecule has 1 N–H and O–H groups in total. The van der Waals surface area contributed by atoms with Crippen LogP contribution >= 0.6 is 27.5 Å². The first-order valence-corrected chi connectivity index (χ1v) is 8.17. The number of carboxylic acids is 1. The van der Waals surface area contributed by atoms with Crippen LogP contribution in [-0.4, -0.2) is 41.8 Å². The fraction of sp³-hybridized carbons (Fsp3) is 0.533. The summed E-state index contributed by atoms with van der Waals surface area (Å²) < 4.78 is 6.34. The third-order valence-corrected chi connectivity index (χ3v) is 4.70. The van der Waals surface area contributed by atoms with Crippen molar-refractivity contribution < 1.29 is 14.6 Å². The number of carbonyl (C=O) groups is 1. The molecule has 1 saturated heterocycles. The third-order valence-electron chi connectivity index (χ3n) is 3.88. The molecule has 4 nitrogen and oxygen atoms in total. The van der Waals surface area contributed by atoms with Crippen LogP contribution in [0.15, 0.2) is 22.7 Å². The van der Waals surface area contributed by atoms with Crippen molar-refractivity contribution in [3.63, 3.8) is 0 Å². The van der Waals surface area contributed by atoms with Crippen LogP contribution in [0.1, 0.15) is 31.4 Å². The van der Waals surface area contributed by atoms with Crippen LogP contribution in [0.2, 0.25) is 5.02 Å². The summed E-state index contributed by atoms with van der Waals surface area (Å²) in [5.74, 6) is -0.910. The number of aliphatic carboxylic acids is 1. The minimum atomic E-state index is -0.910. The molecule has 1 aliphatic rings. The fourth-order valence-electron chi connectivity index (χ4n) is 2.66. The highest BCUT2D eigenvalue weighted by Crippen LogP contribution is 2.31. The van der Waals surface area contributed by atoms with Crippen molar-refractivity contribution in [1.29, 1.82) is 0 Å². The van der Waals surface area contributed by atoms with Crippen LogP contribution in [0, 0.1) is 0 Å². The van der Waals surface area contributed by atoms with Gasteiger partial charge in [-0.2, -0.15) is 0 Å². The van der Waals surface area contributed by atoms with Gasteiger partial charge in [0, 0.05) is 28.6 Å². The molecule has 21 heavy (non-hydrogen) atoms. The van der Waals surface area contributed by atoms with Crippen LogP contribution in [0.4, 0.5) is 0 Å². The second kappa shape index (κ2) is 7.58. The number of hydrogen-bond acceptors (Lipinski definition) is 3. The highest BCUT2D eigenvalue weighted by atomic mass is 79.9. The largest absolute Gasteiger partial charge is 0.480 e. The van der Waals surface area contributed by atoms with E-state index in [-0.39, 0.29) is 18.8 Å². The average molecular weight is 377 g/mol. The highest BCUT2D eigenvalue weighted by Gasteiger charge is 2.25. The van der Waals surface area contributed by atoms with Crippen molar-refractivity contribution in [3.05, 3.63) is 33.3 Å². The van der Waals surface area contributed by atoms with E-state index in [1.807, 2.05) is 18.2 Å². The molecule has 6 heteroatoms. The third kappa shape index (κ3) is 4.68. The van der Waals surface area contributed by atoms with E-state index in [2.05, 4.69) is 27.8 Å². The zero-order valence-corrected chi connectivity index (χ0v) is 14.2. The van der Waals surface area contributed by atoms with Crippen LogP contribution < -0.4 is 0 Å². The second-order valence-electron chi connectivity index (χ2n) is 5.28. The molecule has 0 aromatic heterocycles. The summed E-state index contributed by atoms with van der Waals surface area (Å²) in [5, 5.41) is 9.40. The SMILES string of the molecule is CC(c1ccc(Br)cc1Cl)N1CCC(OCC(=O)O)CC1. The molecule has 0 radical (unpaired) electrons. The second-order valence-corrected chi connectivity index (χ2v) is 6.60. The maximum absolute atomic E-state index is 10.5. The molecule has 0 saturated carbocycles.